The first kappa shape index (κ1) is 16.9. The lowest BCUT2D eigenvalue weighted by Crippen LogP contribution is -1.95. The minimum Gasteiger partial charge on any atom is -0.457 e. The fourth-order valence-electron chi connectivity index (χ4n) is 2.58. The molecule has 27 heavy (non-hydrogen) atoms. The van der Waals surface area contributed by atoms with Crippen molar-refractivity contribution in [3.05, 3.63) is 95.3 Å². The molecule has 0 spiro atoms. The van der Waals surface area contributed by atoms with Crippen LogP contribution in [0.4, 0.5) is 0 Å². The first-order valence-corrected chi connectivity index (χ1v) is 8.80. The van der Waals surface area contributed by atoms with Gasteiger partial charge in [0.1, 0.15) is 11.5 Å². The summed E-state index contributed by atoms with van der Waals surface area (Å²) in [7, 11) is 0. The van der Waals surface area contributed by atoms with Gasteiger partial charge in [-0.05, 0) is 42.0 Å². The van der Waals surface area contributed by atoms with Crippen molar-refractivity contribution in [3.8, 4) is 22.9 Å². The summed E-state index contributed by atoms with van der Waals surface area (Å²) in [4.78, 5) is 0. The molecule has 0 aliphatic carbocycles. The highest BCUT2D eigenvalue weighted by atomic mass is 32.1. The molecule has 1 N–H and O–H groups in total. The highest BCUT2D eigenvalue weighted by Crippen LogP contribution is 2.21. The van der Waals surface area contributed by atoms with Gasteiger partial charge < -0.3 is 4.74 Å². The minimum absolute atomic E-state index is 0.432. The van der Waals surface area contributed by atoms with E-state index in [1.165, 1.54) is 0 Å². The van der Waals surface area contributed by atoms with Gasteiger partial charge in [0.15, 0.2) is 5.82 Å². The molecule has 0 saturated carbocycles. The van der Waals surface area contributed by atoms with Crippen molar-refractivity contribution in [1.82, 2.24) is 14.9 Å². The van der Waals surface area contributed by atoms with Gasteiger partial charge in [-0.2, -0.15) is 14.9 Å². The molecule has 0 aliphatic rings. The van der Waals surface area contributed by atoms with Crippen LogP contribution in [0.3, 0.4) is 0 Å². The van der Waals surface area contributed by atoms with Crippen molar-refractivity contribution < 1.29 is 4.74 Å². The molecule has 0 bridgehead atoms. The smallest absolute Gasteiger partial charge is 0.216 e. The summed E-state index contributed by atoms with van der Waals surface area (Å²) < 4.78 is 7.90. The second-order valence-electron chi connectivity index (χ2n) is 5.76. The molecule has 6 heteroatoms. The third-order valence-electron chi connectivity index (χ3n) is 3.84. The second kappa shape index (κ2) is 7.80. The molecule has 0 radical (unpaired) electrons. The van der Waals surface area contributed by atoms with E-state index in [-0.39, 0.29) is 0 Å². The maximum Gasteiger partial charge on any atom is 0.216 e. The minimum atomic E-state index is 0.432. The highest BCUT2D eigenvalue weighted by molar-refractivity contribution is 7.71. The summed E-state index contributed by atoms with van der Waals surface area (Å²) in [6, 6.07) is 27.1. The van der Waals surface area contributed by atoms with E-state index in [0.717, 1.165) is 22.6 Å². The van der Waals surface area contributed by atoms with Crippen LogP contribution < -0.4 is 4.74 Å². The number of nitrogens with one attached hydrogen (secondary N) is 1. The number of benzene rings is 3. The van der Waals surface area contributed by atoms with Gasteiger partial charge in [-0.25, -0.2) is 5.10 Å². The largest absolute Gasteiger partial charge is 0.457 e. The van der Waals surface area contributed by atoms with E-state index >= 15 is 0 Å². The molecule has 0 saturated heterocycles. The van der Waals surface area contributed by atoms with Gasteiger partial charge in [-0.15, -0.1) is 0 Å². The lowest BCUT2D eigenvalue weighted by molar-refractivity contribution is 0.482. The lowest BCUT2D eigenvalue weighted by atomic mass is 10.2. The zero-order chi connectivity index (χ0) is 18.5. The molecule has 5 nitrogen and oxygen atoms in total. The van der Waals surface area contributed by atoms with Crippen molar-refractivity contribution >= 4 is 18.4 Å². The van der Waals surface area contributed by atoms with Crippen molar-refractivity contribution in [3.63, 3.8) is 0 Å². The Morgan fingerprint density at radius 2 is 1.59 bits per heavy atom. The van der Waals surface area contributed by atoms with Gasteiger partial charge >= 0.3 is 0 Å². The first-order valence-electron chi connectivity index (χ1n) is 8.40. The maximum atomic E-state index is 5.87. The maximum absolute atomic E-state index is 5.87. The van der Waals surface area contributed by atoms with E-state index in [1.54, 1.807) is 10.9 Å². The van der Waals surface area contributed by atoms with Crippen LogP contribution in [-0.2, 0) is 0 Å². The summed E-state index contributed by atoms with van der Waals surface area (Å²) >= 11 is 5.31. The summed E-state index contributed by atoms with van der Waals surface area (Å²) in [5.41, 5.74) is 1.83. The summed E-state index contributed by atoms with van der Waals surface area (Å²) in [5, 5.41) is 11.6. The molecule has 3 aromatic carbocycles. The van der Waals surface area contributed by atoms with Gasteiger partial charge in [0.2, 0.25) is 4.77 Å². The molecule has 0 amide bonds. The van der Waals surface area contributed by atoms with E-state index in [0.29, 0.717) is 10.6 Å². The summed E-state index contributed by atoms with van der Waals surface area (Å²) in [6.45, 7) is 0. The zero-order valence-corrected chi connectivity index (χ0v) is 15.1. The molecule has 4 rings (SSSR count). The topological polar surface area (TPSA) is 55.2 Å². The van der Waals surface area contributed by atoms with Crippen LogP contribution in [0.2, 0.25) is 0 Å². The van der Waals surface area contributed by atoms with E-state index in [2.05, 4.69) is 15.3 Å². The molecule has 0 atom stereocenters. The summed E-state index contributed by atoms with van der Waals surface area (Å²) in [6.07, 6.45) is 1.73. The van der Waals surface area contributed by atoms with E-state index < -0.39 is 0 Å². The average Bonchev–Trinajstić information content (AvgIpc) is 3.09. The van der Waals surface area contributed by atoms with Gasteiger partial charge in [-0.1, -0.05) is 60.7 Å². The first-order chi connectivity index (χ1) is 13.3. The number of hydrogen-bond acceptors (Lipinski definition) is 4. The second-order valence-corrected chi connectivity index (χ2v) is 6.15. The van der Waals surface area contributed by atoms with E-state index in [1.807, 2.05) is 84.9 Å². The molecule has 4 aromatic rings. The van der Waals surface area contributed by atoms with E-state index in [9.17, 15) is 0 Å². The Morgan fingerprint density at radius 3 is 2.37 bits per heavy atom. The number of aromatic nitrogens is 3. The van der Waals surface area contributed by atoms with Crippen molar-refractivity contribution in [2.45, 2.75) is 0 Å². The van der Waals surface area contributed by atoms with Crippen LogP contribution in [-0.4, -0.2) is 21.1 Å². The quantitative estimate of drug-likeness (QED) is 0.383. The zero-order valence-electron chi connectivity index (χ0n) is 14.3. The fourth-order valence-corrected chi connectivity index (χ4v) is 2.76. The van der Waals surface area contributed by atoms with Gasteiger partial charge in [0.25, 0.3) is 0 Å². The number of rotatable bonds is 5. The molecule has 0 unspecified atom stereocenters. The van der Waals surface area contributed by atoms with Crippen molar-refractivity contribution in [2.75, 3.05) is 0 Å². The SMILES string of the molecule is S=c1[nH]nc(-c2ccccc2)n1/N=C/c1cccc(Oc2ccccc2)c1. The molecule has 1 heterocycles. The Balaban J connectivity index is 1.60. The monoisotopic (exact) mass is 372 g/mol. The third-order valence-corrected chi connectivity index (χ3v) is 4.11. The Labute approximate surface area is 161 Å². The number of hydrogen-bond donors (Lipinski definition) is 1. The van der Waals surface area contributed by atoms with Crippen LogP contribution in [0.1, 0.15) is 5.56 Å². The number of nitrogens with zero attached hydrogens (tertiary/aromatic N) is 3. The molecular weight excluding hydrogens is 356 g/mol. The van der Waals surface area contributed by atoms with Crippen LogP contribution in [0.15, 0.2) is 90.0 Å². The van der Waals surface area contributed by atoms with Crippen molar-refractivity contribution in [1.29, 1.82) is 0 Å². The predicted octanol–water partition coefficient (Wildman–Crippen LogP) is 5.28. The lowest BCUT2D eigenvalue weighted by Gasteiger charge is -2.06. The van der Waals surface area contributed by atoms with Gasteiger partial charge in [-0.3, -0.25) is 0 Å². The molecule has 0 aliphatic heterocycles. The van der Waals surface area contributed by atoms with Gasteiger partial charge in [0.05, 0.1) is 6.21 Å². The predicted molar refractivity (Wildman–Crippen MR) is 109 cm³/mol. The Kier molecular flexibility index (Phi) is 4.89. The molecular formula is C21H16N4OS. The third kappa shape index (κ3) is 4.02. The number of aromatic amines is 1. The standard InChI is InChI=1S/C21H16N4OS/c27-21-24-23-20(17-9-3-1-4-10-17)25(21)22-15-16-8-7-13-19(14-16)26-18-11-5-2-6-12-18/h1-15H,(H,24,27)/b22-15+. The summed E-state index contributed by atoms with van der Waals surface area (Å²) in [5.74, 6) is 2.19. The Morgan fingerprint density at radius 1 is 0.889 bits per heavy atom. The van der Waals surface area contributed by atoms with Crippen LogP contribution >= 0.6 is 12.2 Å². The van der Waals surface area contributed by atoms with Crippen LogP contribution in [0.25, 0.3) is 11.4 Å². The Bertz CT molecular complexity index is 1120. The number of para-hydroxylation sites is 1. The molecule has 132 valence electrons. The normalized spacial score (nSPS) is 11.0. The molecule has 0 fully saturated rings. The fraction of sp³-hybridized carbons (Fsp3) is 0. The average molecular weight is 372 g/mol. The van der Waals surface area contributed by atoms with Crippen LogP contribution in [0.5, 0.6) is 11.5 Å². The van der Waals surface area contributed by atoms with Gasteiger partial charge in [0, 0.05) is 5.56 Å². The Hall–Kier alpha value is -3.51. The number of ether oxygens (including phenoxy) is 1. The molecule has 1 aromatic heterocycles. The van der Waals surface area contributed by atoms with Crippen LogP contribution in [0, 0.1) is 4.77 Å². The van der Waals surface area contributed by atoms with E-state index in [4.69, 9.17) is 17.0 Å². The van der Waals surface area contributed by atoms with Crippen molar-refractivity contribution in [2.24, 2.45) is 5.10 Å². The highest BCUT2D eigenvalue weighted by Gasteiger charge is 2.07. The number of H-pyrrole nitrogens is 1.